The summed E-state index contributed by atoms with van der Waals surface area (Å²) >= 11 is 0. The lowest BCUT2D eigenvalue weighted by molar-refractivity contribution is -0.118. The Labute approximate surface area is 154 Å². The maximum Gasteiger partial charge on any atom is 0.232 e. The molecule has 3 rings (SSSR count). The molecule has 1 aromatic heterocycles. The predicted molar refractivity (Wildman–Crippen MR) is 103 cm³/mol. The highest BCUT2D eigenvalue weighted by Gasteiger charge is 2.30. The van der Waals surface area contributed by atoms with Crippen LogP contribution in [0, 0.1) is 5.92 Å². The van der Waals surface area contributed by atoms with Crippen LogP contribution < -0.4 is 10.6 Å². The summed E-state index contributed by atoms with van der Waals surface area (Å²) in [5, 5.41) is 0. The van der Waals surface area contributed by atoms with E-state index in [0.29, 0.717) is 12.3 Å². The number of nitrogens with zero attached hydrogens (tertiary/aromatic N) is 1. The van der Waals surface area contributed by atoms with Crippen LogP contribution >= 0.6 is 0 Å². The van der Waals surface area contributed by atoms with Gasteiger partial charge in [0.1, 0.15) is 5.76 Å². The third-order valence-electron chi connectivity index (χ3n) is 4.29. The molecule has 26 heavy (non-hydrogen) atoms. The number of carbonyl (C=O) groups is 2. The van der Waals surface area contributed by atoms with Crippen LogP contribution in [0.1, 0.15) is 44.8 Å². The quantitative estimate of drug-likeness (QED) is 0.619. The molecule has 2 N–H and O–H groups in total. The minimum Gasteiger partial charge on any atom is -0.463 e. The maximum atomic E-state index is 12.8. The number of furan rings is 1. The van der Waals surface area contributed by atoms with Crippen molar-refractivity contribution in [2.45, 2.75) is 39.0 Å². The van der Waals surface area contributed by atoms with E-state index in [-0.39, 0.29) is 12.3 Å². The second kappa shape index (κ2) is 10.2. The van der Waals surface area contributed by atoms with Crippen molar-refractivity contribution in [1.82, 2.24) is 0 Å². The number of rotatable bonds is 6. The minimum absolute atomic E-state index is 0.145. The van der Waals surface area contributed by atoms with Crippen molar-refractivity contribution in [2.24, 2.45) is 11.7 Å². The lowest BCUT2D eigenvalue weighted by atomic mass is 9.92. The van der Waals surface area contributed by atoms with E-state index in [1.54, 1.807) is 11.2 Å². The molecule has 1 aliphatic heterocycles. The van der Waals surface area contributed by atoms with Crippen LogP contribution in [0.25, 0.3) is 5.70 Å². The summed E-state index contributed by atoms with van der Waals surface area (Å²) in [7, 11) is 0. The van der Waals surface area contributed by atoms with Gasteiger partial charge >= 0.3 is 0 Å². The van der Waals surface area contributed by atoms with Gasteiger partial charge < -0.3 is 10.2 Å². The van der Waals surface area contributed by atoms with E-state index >= 15 is 0 Å². The average molecular weight is 354 g/mol. The Bertz CT molecular complexity index is 708. The van der Waals surface area contributed by atoms with Crippen LogP contribution in [0.2, 0.25) is 0 Å². The number of hydrogen-bond acceptors (Lipinski definition) is 3. The van der Waals surface area contributed by atoms with Crippen molar-refractivity contribution in [3.8, 4) is 0 Å². The Balaban J connectivity index is 0.000000758. The molecule has 0 radical (unpaired) electrons. The van der Waals surface area contributed by atoms with Crippen LogP contribution in [0.4, 0.5) is 5.69 Å². The van der Waals surface area contributed by atoms with Gasteiger partial charge in [-0.3, -0.25) is 14.5 Å². The van der Waals surface area contributed by atoms with E-state index in [1.165, 1.54) is 19.3 Å². The molecule has 0 saturated carbocycles. The molecule has 0 bridgehead atoms. The van der Waals surface area contributed by atoms with E-state index in [0.717, 1.165) is 23.6 Å². The third-order valence-corrected chi connectivity index (χ3v) is 4.29. The molecule has 1 aromatic carbocycles. The van der Waals surface area contributed by atoms with Gasteiger partial charge in [-0.25, -0.2) is 0 Å². The van der Waals surface area contributed by atoms with Crippen molar-refractivity contribution in [2.75, 3.05) is 4.90 Å². The molecule has 1 atom stereocenters. The van der Waals surface area contributed by atoms with E-state index in [9.17, 15) is 4.79 Å². The van der Waals surface area contributed by atoms with Crippen molar-refractivity contribution in [1.29, 1.82) is 0 Å². The van der Waals surface area contributed by atoms with Gasteiger partial charge in [0.25, 0.3) is 0 Å². The number of benzene rings is 1. The number of amides is 2. The molecule has 138 valence electrons. The van der Waals surface area contributed by atoms with Gasteiger partial charge in [-0.2, -0.15) is 0 Å². The van der Waals surface area contributed by atoms with Crippen molar-refractivity contribution < 1.29 is 14.0 Å². The Kier molecular flexibility index (Phi) is 7.68. The topological polar surface area (TPSA) is 76.5 Å². The number of allylic oxidation sites excluding steroid dienone is 1. The number of para-hydroxylation sites is 1. The van der Waals surface area contributed by atoms with Gasteiger partial charge in [0.2, 0.25) is 12.3 Å². The Morgan fingerprint density at radius 3 is 2.54 bits per heavy atom. The predicted octanol–water partition coefficient (Wildman–Crippen LogP) is 4.36. The summed E-state index contributed by atoms with van der Waals surface area (Å²) in [6, 6.07) is 13.6. The zero-order chi connectivity index (χ0) is 18.8. The van der Waals surface area contributed by atoms with Crippen LogP contribution in [0.3, 0.4) is 0 Å². The van der Waals surface area contributed by atoms with Gasteiger partial charge in [-0.15, -0.1) is 0 Å². The standard InChI is InChI=1S/C20H23NO2.CH3NO/c1-2-3-5-9-16-14-18(19-12-8-13-23-19)21(20(22)15-16)17-10-6-4-7-11-17;2-1-3/h4,6-8,10-14,16H,2-3,5,9,15H2,1H3;1H,(H2,2,3). The fourth-order valence-electron chi connectivity index (χ4n) is 3.13. The fraction of sp³-hybridized carbons (Fsp3) is 0.333. The Morgan fingerprint density at radius 1 is 1.19 bits per heavy atom. The first-order valence-electron chi connectivity index (χ1n) is 9.00. The minimum atomic E-state index is 0.145. The largest absolute Gasteiger partial charge is 0.463 e. The monoisotopic (exact) mass is 354 g/mol. The van der Waals surface area contributed by atoms with Crippen LogP contribution in [-0.2, 0) is 9.59 Å². The number of primary amides is 1. The molecule has 0 fully saturated rings. The molecule has 1 aliphatic rings. The summed E-state index contributed by atoms with van der Waals surface area (Å²) in [5.74, 6) is 1.20. The van der Waals surface area contributed by atoms with Crippen molar-refractivity contribution >= 4 is 23.7 Å². The van der Waals surface area contributed by atoms with E-state index in [2.05, 4.69) is 18.7 Å². The Hall–Kier alpha value is -2.82. The number of unbranched alkanes of at least 4 members (excludes halogenated alkanes) is 2. The van der Waals surface area contributed by atoms with Crippen LogP contribution in [0.5, 0.6) is 0 Å². The first-order chi connectivity index (χ1) is 12.7. The number of nitrogens with two attached hydrogens (primary N) is 1. The smallest absolute Gasteiger partial charge is 0.232 e. The second-order valence-corrected chi connectivity index (χ2v) is 6.19. The van der Waals surface area contributed by atoms with Crippen molar-refractivity contribution in [3.63, 3.8) is 0 Å². The highest BCUT2D eigenvalue weighted by molar-refractivity contribution is 6.07. The summed E-state index contributed by atoms with van der Waals surface area (Å²) in [5.41, 5.74) is 5.94. The van der Waals surface area contributed by atoms with Crippen molar-refractivity contribution in [3.05, 3.63) is 60.6 Å². The molecular weight excluding hydrogens is 328 g/mol. The zero-order valence-corrected chi connectivity index (χ0v) is 15.1. The number of anilines is 1. The van der Waals surface area contributed by atoms with Gasteiger partial charge in [-0.05, 0) is 36.6 Å². The summed E-state index contributed by atoms with van der Waals surface area (Å²) < 4.78 is 5.58. The molecule has 2 amide bonds. The zero-order valence-electron chi connectivity index (χ0n) is 15.1. The van der Waals surface area contributed by atoms with Crippen LogP contribution in [-0.4, -0.2) is 12.3 Å². The van der Waals surface area contributed by atoms with Gasteiger partial charge in [0.15, 0.2) is 0 Å². The first-order valence-corrected chi connectivity index (χ1v) is 9.00. The fourth-order valence-corrected chi connectivity index (χ4v) is 3.13. The third kappa shape index (κ3) is 5.09. The molecular formula is C21H26N2O3. The summed E-state index contributed by atoms with van der Waals surface area (Å²) in [6.45, 7) is 2.20. The number of hydrogen-bond donors (Lipinski definition) is 1. The normalized spacial score (nSPS) is 16.5. The van der Waals surface area contributed by atoms with E-state index in [4.69, 9.17) is 9.21 Å². The van der Waals surface area contributed by atoms with E-state index in [1.807, 2.05) is 42.5 Å². The highest BCUT2D eigenvalue weighted by atomic mass is 16.3. The molecule has 0 saturated heterocycles. The van der Waals surface area contributed by atoms with Gasteiger partial charge in [-0.1, -0.05) is 50.5 Å². The molecule has 0 aliphatic carbocycles. The molecule has 5 nitrogen and oxygen atoms in total. The molecule has 0 spiro atoms. The second-order valence-electron chi connectivity index (χ2n) is 6.19. The lowest BCUT2D eigenvalue weighted by Gasteiger charge is -2.31. The lowest BCUT2D eigenvalue weighted by Crippen LogP contribution is -2.34. The maximum absolute atomic E-state index is 12.8. The van der Waals surface area contributed by atoms with E-state index < -0.39 is 0 Å². The van der Waals surface area contributed by atoms with Crippen LogP contribution in [0.15, 0.2) is 59.2 Å². The Morgan fingerprint density at radius 2 is 1.92 bits per heavy atom. The summed E-state index contributed by atoms with van der Waals surface area (Å²) in [6.07, 6.45) is 9.34. The SMILES string of the molecule is CCCCCC1C=C(c2ccco2)N(c2ccccc2)C(=O)C1.NC=O. The number of carbonyl (C=O) groups excluding carboxylic acids is 2. The highest BCUT2D eigenvalue weighted by Crippen LogP contribution is 2.35. The first kappa shape index (κ1) is 19.5. The average Bonchev–Trinajstić information content (AvgIpc) is 3.17. The summed E-state index contributed by atoms with van der Waals surface area (Å²) in [4.78, 5) is 23.2. The van der Waals surface area contributed by atoms with Gasteiger partial charge in [0, 0.05) is 12.1 Å². The molecule has 2 aromatic rings. The molecule has 2 heterocycles. The molecule has 5 heteroatoms. The molecule has 1 unspecified atom stereocenters. The van der Waals surface area contributed by atoms with Gasteiger partial charge in [0.05, 0.1) is 12.0 Å².